The molecule has 0 saturated carbocycles. The average molecular weight is 551 g/mol. The van der Waals surface area contributed by atoms with Crippen LogP contribution in [0.2, 0.25) is 0 Å². The van der Waals surface area contributed by atoms with Gasteiger partial charge >= 0.3 is 24.3 Å². The number of nitrogens with zero attached hydrogens (tertiary/aromatic N) is 2. The van der Waals surface area contributed by atoms with E-state index in [2.05, 4.69) is 60.5 Å². The number of carboxylic acid groups (broad SMARTS) is 2. The lowest BCUT2D eigenvalue weighted by atomic mass is 9.80. The van der Waals surface area contributed by atoms with Crippen LogP contribution in [-0.2, 0) is 28.1 Å². The zero-order valence-corrected chi connectivity index (χ0v) is 20.5. The number of alkyl halides is 6. The lowest BCUT2D eigenvalue weighted by molar-refractivity contribution is -0.193. The Kier molecular flexibility index (Phi) is 9.95. The fraction of sp³-hybridized carbons (Fsp3) is 0.458. The molecule has 210 valence electrons. The van der Waals surface area contributed by atoms with Crippen molar-refractivity contribution in [2.24, 2.45) is 0 Å². The number of anilines is 1. The normalized spacial score (nSPS) is 16.5. The third-order valence-electron chi connectivity index (χ3n) is 5.68. The molecular formula is C24H27F6N3O5. The summed E-state index contributed by atoms with van der Waals surface area (Å²) in [5, 5.41) is 17.6. The molecule has 0 amide bonds. The Morgan fingerprint density at radius 3 is 2.13 bits per heavy atom. The quantitative estimate of drug-likeness (QED) is 0.444. The predicted molar refractivity (Wildman–Crippen MR) is 124 cm³/mol. The van der Waals surface area contributed by atoms with Crippen molar-refractivity contribution in [2.75, 3.05) is 24.6 Å². The molecule has 0 fully saturated rings. The fourth-order valence-electron chi connectivity index (χ4n) is 3.69. The van der Waals surface area contributed by atoms with Gasteiger partial charge in [0.15, 0.2) is 0 Å². The number of rotatable bonds is 1. The van der Waals surface area contributed by atoms with Gasteiger partial charge in [-0.05, 0) is 35.1 Å². The van der Waals surface area contributed by atoms with Crippen molar-refractivity contribution in [3.05, 3.63) is 53.1 Å². The maximum Gasteiger partial charge on any atom is 0.490 e. The van der Waals surface area contributed by atoms with Crippen LogP contribution in [0.5, 0.6) is 5.88 Å². The third kappa shape index (κ3) is 8.78. The number of carbonyl (C=O) groups is 2. The summed E-state index contributed by atoms with van der Waals surface area (Å²) in [4.78, 5) is 25.0. The summed E-state index contributed by atoms with van der Waals surface area (Å²) in [7, 11) is 0. The maximum atomic E-state index is 10.6. The Morgan fingerprint density at radius 1 is 0.974 bits per heavy atom. The van der Waals surface area contributed by atoms with E-state index in [-0.39, 0.29) is 5.41 Å². The van der Waals surface area contributed by atoms with Crippen LogP contribution < -0.4 is 15.0 Å². The second-order valence-electron chi connectivity index (χ2n) is 8.98. The summed E-state index contributed by atoms with van der Waals surface area (Å²) in [5.41, 5.74) is 4.20. The summed E-state index contributed by atoms with van der Waals surface area (Å²) in [5.74, 6) is -3.71. The van der Waals surface area contributed by atoms with Gasteiger partial charge in [0, 0.05) is 31.7 Å². The van der Waals surface area contributed by atoms with Crippen molar-refractivity contribution < 1.29 is 50.9 Å². The second-order valence-corrected chi connectivity index (χ2v) is 8.98. The maximum absolute atomic E-state index is 10.6. The van der Waals surface area contributed by atoms with Gasteiger partial charge in [0.25, 0.3) is 0 Å². The second kappa shape index (κ2) is 12.3. The van der Waals surface area contributed by atoms with Gasteiger partial charge in [-0.25, -0.2) is 9.59 Å². The van der Waals surface area contributed by atoms with Crippen LogP contribution >= 0.6 is 0 Å². The van der Waals surface area contributed by atoms with Gasteiger partial charge in [0.2, 0.25) is 5.88 Å². The minimum absolute atomic E-state index is 0.192. The molecule has 0 radical (unpaired) electrons. The number of hydrogen-bond acceptors (Lipinski definition) is 6. The highest BCUT2D eigenvalue weighted by Crippen LogP contribution is 2.35. The van der Waals surface area contributed by atoms with Crippen LogP contribution in [0.4, 0.5) is 32.2 Å². The highest BCUT2D eigenvalue weighted by molar-refractivity contribution is 5.73. The minimum atomic E-state index is -5.08. The van der Waals surface area contributed by atoms with Crippen molar-refractivity contribution in [3.63, 3.8) is 0 Å². The lowest BCUT2D eigenvalue weighted by Crippen LogP contribution is -2.25. The molecule has 2 aromatic rings. The zero-order chi connectivity index (χ0) is 28.7. The molecule has 1 aromatic carbocycles. The topological polar surface area (TPSA) is 112 Å². The van der Waals surface area contributed by atoms with E-state index in [4.69, 9.17) is 29.5 Å². The molecule has 0 bridgehead atoms. The van der Waals surface area contributed by atoms with Crippen LogP contribution in [0.15, 0.2) is 36.4 Å². The molecule has 0 aliphatic carbocycles. The van der Waals surface area contributed by atoms with Crippen molar-refractivity contribution in [2.45, 2.75) is 51.1 Å². The monoisotopic (exact) mass is 551 g/mol. The van der Waals surface area contributed by atoms with E-state index >= 15 is 0 Å². The smallest absolute Gasteiger partial charge is 0.476 e. The average Bonchev–Trinajstić information content (AvgIpc) is 3.13. The van der Waals surface area contributed by atoms with Crippen molar-refractivity contribution in [1.82, 2.24) is 10.3 Å². The molecule has 1 aromatic heterocycles. The van der Waals surface area contributed by atoms with E-state index in [1.165, 1.54) is 11.1 Å². The Hall–Kier alpha value is -3.55. The van der Waals surface area contributed by atoms with Crippen LogP contribution in [0.3, 0.4) is 0 Å². The summed E-state index contributed by atoms with van der Waals surface area (Å²) < 4.78 is 69.3. The number of aliphatic carboxylic acids is 2. The number of hydrogen-bond donors (Lipinski definition) is 3. The molecule has 2 aliphatic heterocycles. The Labute approximate surface area is 214 Å². The number of ether oxygens (including phenoxy) is 1. The first-order valence-corrected chi connectivity index (χ1v) is 11.3. The standard InChI is InChI=1S/C20H25N3O.2C2HF3O2/c1-20(2)9-11-23(14-16-5-3-4-6-17(16)20)18-8-7-15-13-21-10-12-24-19(15)22-18;2*3-2(4,5)1(6)7/h3-8,21H,9-14H2,1-2H3;2*(H,6,7). The zero-order valence-electron chi connectivity index (χ0n) is 20.5. The Balaban J connectivity index is 0.000000301. The molecule has 0 unspecified atom stereocenters. The number of fused-ring (bicyclic) bond motifs is 2. The molecule has 2 aliphatic rings. The third-order valence-corrected chi connectivity index (χ3v) is 5.68. The highest BCUT2D eigenvalue weighted by Gasteiger charge is 2.39. The SMILES string of the molecule is CC1(C)CCN(c2ccc3c(n2)OCCNC3)Cc2ccccc21.O=C(O)C(F)(F)F.O=C(O)C(F)(F)F. The van der Waals surface area contributed by atoms with Crippen molar-refractivity contribution >= 4 is 17.8 Å². The van der Waals surface area contributed by atoms with Gasteiger partial charge in [0.05, 0.1) is 0 Å². The number of aromatic nitrogens is 1. The summed E-state index contributed by atoms with van der Waals surface area (Å²) in [6, 6.07) is 13.1. The first-order valence-electron chi connectivity index (χ1n) is 11.3. The Bertz CT molecular complexity index is 1100. The van der Waals surface area contributed by atoms with Gasteiger partial charge in [-0.3, -0.25) is 0 Å². The van der Waals surface area contributed by atoms with Crippen LogP contribution in [0, 0.1) is 0 Å². The highest BCUT2D eigenvalue weighted by atomic mass is 19.4. The lowest BCUT2D eigenvalue weighted by Gasteiger charge is -2.25. The number of pyridine rings is 1. The molecule has 8 nitrogen and oxygen atoms in total. The number of halogens is 6. The van der Waals surface area contributed by atoms with Gasteiger partial charge in [-0.2, -0.15) is 31.3 Å². The Morgan fingerprint density at radius 2 is 1.55 bits per heavy atom. The first kappa shape index (κ1) is 30.7. The van der Waals surface area contributed by atoms with Crippen molar-refractivity contribution in [3.8, 4) is 5.88 Å². The van der Waals surface area contributed by atoms with Gasteiger partial charge in [-0.1, -0.05) is 38.1 Å². The van der Waals surface area contributed by atoms with E-state index in [0.717, 1.165) is 49.9 Å². The molecule has 0 spiro atoms. The fourth-order valence-corrected chi connectivity index (χ4v) is 3.69. The molecule has 0 atom stereocenters. The van der Waals surface area contributed by atoms with Crippen LogP contribution in [-0.4, -0.2) is 59.2 Å². The summed E-state index contributed by atoms with van der Waals surface area (Å²) in [6.45, 7) is 8.98. The molecule has 0 saturated heterocycles. The molecule has 38 heavy (non-hydrogen) atoms. The molecule has 3 heterocycles. The minimum Gasteiger partial charge on any atom is -0.476 e. The van der Waals surface area contributed by atoms with Crippen LogP contribution in [0.1, 0.15) is 37.0 Å². The van der Waals surface area contributed by atoms with Crippen LogP contribution in [0.25, 0.3) is 0 Å². The van der Waals surface area contributed by atoms with Crippen molar-refractivity contribution in [1.29, 1.82) is 0 Å². The summed E-state index contributed by atoms with van der Waals surface area (Å²) >= 11 is 0. The predicted octanol–water partition coefficient (Wildman–Crippen LogP) is 4.52. The van der Waals surface area contributed by atoms with Gasteiger partial charge in [-0.15, -0.1) is 0 Å². The van der Waals surface area contributed by atoms with E-state index < -0.39 is 24.3 Å². The summed E-state index contributed by atoms with van der Waals surface area (Å²) in [6.07, 6.45) is -9.05. The number of benzene rings is 1. The molecule has 14 heteroatoms. The van der Waals surface area contributed by atoms with Gasteiger partial charge < -0.3 is 25.2 Å². The van der Waals surface area contributed by atoms with E-state index in [9.17, 15) is 26.3 Å². The molecule has 4 rings (SSSR count). The molecular weight excluding hydrogens is 524 g/mol. The molecule has 3 N–H and O–H groups in total. The number of nitrogens with one attached hydrogen (secondary N) is 1. The van der Waals surface area contributed by atoms with Gasteiger partial charge in [0.1, 0.15) is 12.4 Å². The van der Waals surface area contributed by atoms with E-state index in [1.54, 1.807) is 0 Å². The number of carboxylic acids is 2. The first-order chi connectivity index (χ1) is 17.5. The largest absolute Gasteiger partial charge is 0.490 e. The van der Waals surface area contributed by atoms with E-state index in [1.807, 2.05) is 0 Å². The van der Waals surface area contributed by atoms with E-state index in [0.29, 0.717) is 6.61 Å².